The minimum absolute atomic E-state index is 0.00543. The summed E-state index contributed by atoms with van der Waals surface area (Å²) < 4.78 is 104. The number of nitrogens with one attached hydrogen (secondary N) is 1. The molecule has 5 aromatic heterocycles. The van der Waals surface area contributed by atoms with Crippen molar-refractivity contribution in [2.24, 2.45) is 0 Å². The van der Waals surface area contributed by atoms with Crippen LogP contribution in [0.1, 0.15) is 97.3 Å². The van der Waals surface area contributed by atoms with Crippen molar-refractivity contribution >= 4 is 28.3 Å². The van der Waals surface area contributed by atoms with Gasteiger partial charge in [-0.15, -0.1) is 0 Å². The van der Waals surface area contributed by atoms with Crippen LogP contribution in [0.5, 0.6) is 11.5 Å². The first-order valence-corrected chi connectivity index (χ1v) is 15.0. The molecule has 1 saturated carbocycles. The third-order valence-corrected chi connectivity index (χ3v) is 7.59. The lowest BCUT2D eigenvalue weighted by Gasteiger charge is -2.15. The average Bonchev–Trinajstić information content (AvgIpc) is 3.79. The Balaban J connectivity index is 0.000000247. The van der Waals surface area contributed by atoms with Crippen molar-refractivity contribution in [1.29, 1.82) is 0 Å². The van der Waals surface area contributed by atoms with E-state index in [9.17, 15) is 19.8 Å². The van der Waals surface area contributed by atoms with Crippen LogP contribution in [-0.4, -0.2) is 65.3 Å². The minimum Gasteiger partial charge on any atom is -0.493 e. The van der Waals surface area contributed by atoms with Crippen molar-refractivity contribution in [2.45, 2.75) is 83.2 Å². The fourth-order valence-corrected chi connectivity index (χ4v) is 4.97. The van der Waals surface area contributed by atoms with Gasteiger partial charge in [0.2, 0.25) is 0 Å². The molecule has 0 radical (unpaired) electrons. The molecule has 1 aliphatic carbocycles. The first kappa shape index (κ1) is 21.9. The van der Waals surface area contributed by atoms with Crippen LogP contribution in [0.25, 0.3) is 11.0 Å². The van der Waals surface area contributed by atoms with Crippen molar-refractivity contribution in [3.8, 4) is 11.5 Å². The fraction of sp³-hybridized carbons (Fsp3) is 0.429. The van der Waals surface area contributed by atoms with Crippen LogP contribution >= 0.6 is 0 Å². The van der Waals surface area contributed by atoms with Crippen LogP contribution in [-0.2, 0) is 12.8 Å². The van der Waals surface area contributed by atoms with Gasteiger partial charge in [-0.3, -0.25) is 9.59 Å². The Morgan fingerprint density at radius 1 is 0.958 bits per heavy atom. The second-order valence-electron chi connectivity index (χ2n) is 11.6. The maximum Gasteiger partial charge on any atom is 0.263 e. The number of amides is 1. The van der Waals surface area contributed by atoms with E-state index < -0.39 is 57.4 Å². The Kier molecular flexibility index (Phi) is 6.24. The molecule has 0 aromatic carbocycles. The number of fused-ring (bicyclic) bond motifs is 2. The number of nitrogens with two attached hydrogens (primary N) is 1. The second-order valence-corrected chi connectivity index (χ2v) is 11.6. The number of ether oxygens (including phenoxy) is 2. The first-order valence-electron chi connectivity index (χ1n) is 21.0. The number of anilines is 2. The standard InChI is InChI=1S/C22H26N4O4.C13H19N3O2/c1-22(2,29)9-8-14-11-16-12-18(19(30-3)13-26(16)24-14)23-20(27)17-5-4-10-25(21(17)28)15-6-7-15;1-13(2,17)5-4-9-6-10-7-11(14)12(18-3)8-16(10)15-9/h4-5,10-13,15,29H,6-9H2,1-3H3,(H,23,27);6-8,17H,4-5,14H2,1-3H3/i2*1D3,2D3. The smallest absolute Gasteiger partial charge is 0.263 e. The molecular weight excluding hydrogens is 614 g/mol. The molecule has 5 N–H and O–H groups in total. The summed E-state index contributed by atoms with van der Waals surface area (Å²) in [5, 5.41) is 32.0. The van der Waals surface area contributed by atoms with Gasteiger partial charge in [-0.1, -0.05) is 0 Å². The zero-order valence-corrected chi connectivity index (χ0v) is 26.4. The number of rotatable bonds is 11. The van der Waals surface area contributed by atoms with Crippen LogP contribution in [0, 0.1) is 0 Å². The summed E-state index contributed by atoms with van der Waals surface area (Å²) in [7, 11) is 2.87. The molecule has 48 heavy (non-hydrogen) atoms. The Morgan fingerprint density at radius 3 is 2.06 bits per heavy atom. The van der Waals surface area contributed by atoms with Crippen molar-refractivity contribution in [1.82, 2.24) is 23.8 Å². The summed E-state index contributed by atoms with van der Waals surface area (Å²) in [6, 6.07) is 9.65. The lowest BCUT2D eigenvalue weighted by atomic mass is 10.0. The number of nitrogen functional groups attached to an aromatic ring is 1. The van der Waals surface area contributed by atoms with E-state index in [1.807, 2.05) is 0 Å². The minimum atomic E-state index is -3.12. The molecule has 0 spiro atoms. The molecule has 13 nitrogen and oxygen atoms in total. The number of carbonyl (C=O) groups excluding carboxylic acids is 1. The maximum absolute atomic E-state index is 12.9. The quantitative estimate of drug-likeness (QED) is 0.159. The van der Waals surface area contributed by atoms with Crippen molar-refractivity contribution in [3.05, 3.63) is 82.3 Å². The zero-order chi connectivity index (χ0) is 44.8. The number of hydrogen-bond acceptors (Lipinski definition) is 9. The monoisotopic (exact) mass is 671 g/mol. The van der Waals surface area contributed by atoms with E-state index in [1.54, 1.807) is 47.3 Å². The Bertz CT molecular complexity index is 2390. The van der Waals surface area contributed by atoms with E-state index >= 15 is 0 Å². The average molecular weight is 672 g/mol. The summed E-state index contributed by atoms with van der Waals surface area (Å²) in [5.74, 6) is 0.0851. The normalized spacial score (nSPS) is 18.1. The summed E-state index contributed by atoms with van der Waals surface area (Å²) in [5.41, 5.74) is 2.35. The van der Waals surface area contributed by atoms with Gasteiger partial charge in [0.15, 0.2) is 11.5 Å². The third kappa shape index (κ3) is 8.52. The number of aromatic nitrogens is 5. The Hall–Kier alpha value is -4.88. The molecule has 13 heteroatoms. The molecule has 1 amide bonds. The highest BCUT2D eigenvalue weighted by Gasteiger charge is 2.26. The van der Waals surface area contributed by atoms with E-state index in [2.05, 4.69) is 15.5 Å². The van der Waals surface area contributed by atoms with Crippen molar-refractivity contribution in [2.75, 3.05) is 25.3 Å². The topological polar surface area (TPSA) is 171 Å². The van der Waals surface area contributed by atoms with Gasteiger partial charge >= 0.3 is 0 Å². The number of methoxy groups -OCH3 is 2. The molecule has 0 unspecified atom stereocenters. The second kappa shape index (κ2) is 13.7. The van der Waals surface area contributed by atoms with Gasteiger partial charge in [-0.05, 0) is 102 Å². The predicted octanol–water partition coefficient (Wildman–Crippen LogP) is 4.42. The number of pyridine rings is 3. The lowest BCUT2D eigenvalue weighted by molar-refractivity contribution is 0.0705. The number of carbonyl (C=O) groups is 1. The highest BCUT2D eigenvalue weighted by molar-refractivity contribution is 6.05. The molecule has 5 heterocycles. The van der Waals surface area contributed by atoms with Gasteiger partial charge in [0.25, 0.3) is 11.5 Å². The molecule has 256 valence electrons. The summed E-state index contributed by atoms with van der Waals surface area (Å²) >= 11 is 0. The van der Waals surface area contributed by atoms with Crippen LogP contribution in [0.15, 0.2) is 59.8 Å². The zero-order valence-electron chi connectivity index (χ0n) is 38.4. The molecule has 0 bridgehead atoms. The van der Waals surface area contributed by atoms with Crippen LogP contribution < -0.4 is 26.1 Å². The molecule has 1 aliphatic rings. The highest BCUT2D eigenvalue weighted by atomic mass is 16.5. The van der Waals surface area contributed by atoms with Crippen molar-refractivity contribution < 1.29 is 40.9 Å². The van der Waals surface area contributed by atoms with E-state index in [1.165, 1.54) is 35.5 Å². The molecule has 1 fully saturated rings. The van der Waals surface area contributed by atoms with E-state index in [0.29, 0.717) is 33.9 Å². The predicted molar refractivity (Wildman–Crippen MR) is 184 cm³/mol. The van der Waals surface area contributed by atoms with Gasteiger partial charge in [0.1, 0.15) is 5.56 Å². The van der Waals surface area contributed by atoms with Gasteiger partial charge in [0, 0.05) is 28.7 Å². The summed E-state index contributed by atoms with van der Waals surface area (Å²) in [6.45, 7) is -12.3. The van der Waals surface area contributed by atoms with E-state index in [-0.39, 0.29) is 41.4 Å². The van der Waals surface area contributed by atoms with Crippen LogP contribution in [0.3, 0.4) is 0 Å². The van der Waals surface area contributed by atoms with Gasteiger partial charge in [-0.2, -0.15) is 10.2 Å². The van der Waals surface area contributed by atoms with Crippen LogP contribution in [0.2, 0.25) is 0 Å². The molecule has 5 aromatic rings. The Labute approximate surface area is 295 Å². The maximum atomic E-state index is 12.9. The fourth-order valence-electron chi connectivity index (χ4n) is 4.97. The lowest BCUT2D eigenvalue weighted by Crippen LogP contribution is -2.28. The molecule has 0 aliphatic heterocycles. The van der Waals surface area contributed by atoms with Crippen molar-refractivity contribution in [3.63, 3.8) is 0 Å². The molecular formula is C35H45N7O6. The third-order valence-electron chi connectivity index (χ3n) is 7.59. The summed E-state index contributed by atoms with van der Waals surface area (Å²) in [6.07, 6.45) is 5.33. The molecule has 6 rings (SSSR count). The number of nitrogens with zero attached hydrogens (tertiary/aromatic N) is 5. The van der Waals surface area contributed by atoms with Gasteiger partial charge < -0.3 is 35.3 Å². The number of hydrogen-bond donors (Lipinski definition) is 4. The number of aliphatic hydroxyl groups is 2. The molecule has 0 saturated heterocycles. The van der Waals surface area contributed by atoms with Gasteiger partial charge in [0.05, 0.1) is 71.6 Å². The van der Waals surface area contributed by atoms with E-state index in [4.69, 9.17) is 31.7 Å². The summed E-state index contributed by atoms with van der Waals surface area (Å²) in [4.78, 5) is 25.6. The Morgan fingerprint density at radius 2 is 1.52 bits per heavy atom. The molecule has 0 atom stereocenters. The highest BCUT2D eigenvalue weighted by Crippen LogP contribution is 2.33. The first-order chi connectivity index (χ1) is 27.6. The van der Waals surface area contributed by atoms with Crippen LogP contribution in [0.4, 0.5) is 11.4 Å². The largest absolute Gasteiger partial charge is 0.493 e. The number of aryl methyl sites for hydroxylation is 2. The SMILES string of the molecule is [2H]C([2H])([2H])C(O)(CCc1cc2cc(N)c(OC)cn2n1)C([2H])([2H])[2H].[2H]C([2H])([2H])C(O)(CCc1cc2cc(NC(=O)c3cccn(C4CC4)c3=O)c(OC)cn2n1)C([2H])([2H])[2H]. The van der Waals surface area contributed by atoms with Gasteiger partial charge in [-0.25, -0.2) is 9.03 Å². The van der Waals surface area contributed by atoms with E-state index in [0.717, 1.165) is 12.8 Å².